The van der Waals surface area contributed by atoms with E-state index in [0.29, 0.717) is 5.01 Å². The largest absolute Gasteiger partial charge is 0.330 e. The summed E-state index contributed by atoms with van der Waals surface area (Å²) in [6.07, 6.45) is 1.06. The molecule has 0 aliphatic carbocycles. The second-order valence-electron chi connectivity index (χ2n) is 5.97. The highest BCUT2D eigenvalue weighted by molar-refractivity contribution is 7.89. The highest BCUT2D eigenvalue weighted by Gasteiger charge is 2.31. The van der Waals surface area contributed by atoms with Gasteiger partial charge >= 0.3 is 5.69 Å². The van der Waals surface area contributed by atoms with Gasteiger partial charge in [0.25, 0.3) is 5.56 Å². The molecule has 0 spiro atoms. The van der Waals surface area contributed by atoms with Crippen molar-refractivity contribution in [2.75, 3.05) is 7.05 Å². The molecule has 0 fully saturated rings. The first-order valence-corrected chi connectivity index (χ1v) is 10.0. The quantitative estimate of drug-likeness (QED) is 0.660. The fourth-order valence-electron chi connectivity index (χ4n) is 2.54. The van der Waals surface area contributed by atoms with Gasteiger partial charge in [0.1, 0.15) is 5.01 Å². The third kappa shape index (κ3) is 2.89. The van der Waals surface area contributed by atoms with Gasteiger partial charge in [0.2, 0.25) is 10.0 Å². The van der Waals surface area contributed by atoms with E-state index >= 15 is 0 Å². The first-order valence-electron chi connectivity index (χ1n) is 7.74. The number of aromatic nitrogens is 3. The van der Waals surface area contributed by atoms with Gasteiger partial charge in [-0.3, -0.25) is 9.36 Å². The second-order valence-corrected chi connectivity index (χ2v) is 9.00. The average molecular weight is 394 g/mol. The molecule has 1 aromatic carbocycles. The van der Waals surface area contributed by atoms with Crippen LogP contribution in [0.2, 0.25) is 0 Å². The van der Waals surface area contributed by atoms with Crippen molar-refractivity contribution >= 4 is 31.6 Å². The van der Waals surface area contributed by atoms with E-state index in [1.165, 1.54) is 32.5 Å². The molecule has 0 aliphatic rings. The molecule has 0 saturated heterocycles. The van der Waals surface area contributed by atoms with Gasteiger partial charge in [-0.05, 0) is 19.1 Å². The smallest absolute Gasteiger partial charge is 0.302 e. The summed E-state index contributed by atoms with van der Waals surface area (Å²) >= 11 is 1.40. The average Bonchev–Trinajstić information content (AvgIpc) is 3.05. The van der Waals surface area contributed by atoms with E-state index in [-0.39, 0.29) is 0 Å². The Hall–Kier alpha value is -2.30. The maximum Gasteiger partial charge on any atom is 0.330 e. The Morgan fingerprint density at radius 3 is 2.50 bits per heavy atom. The molecule has 0 bridgehead atoms. The van der Waals surface area contributed by atoms with E-state index in [4.69, 9.17) is 0 Å². The summed E-state index contributed by atoms with van der Waals surface area (Å²) in [6, 6.07) is 6.97. The lowest BCUT2D eigenvalue weighted by atomic mass is 10.3. The van der Waals surface area contributed by atoms with Gasteiger partial charge in [-0.2, -0.15) is 4.31 Å². The van der Waals surface area contributed by atoms with Crippen molar-refractivity contribution in [2.45, 2.75) is 17.9 Å². The molecular formula is C16H18N4O4S2. The van der Waals surface area contributed by atoms with E-state index in [1.807, 2.05) is 24.3 Å². The number of aryl methyl sites for hydroxylation is 1. The van der Waals surface area contributed by atoms with Crippen LogP contribution < -0.4 is 11.2 Å². The summed E-state index contributed by atoms with van der Waals surface area (Å²) in [7, 11) is -0.0587. The van der Waals surface area contributed by atoms with Gasteiger partial charge < -0.3 is 4.57 Å². The lowest BCUT2D eigenvalue weighted by Crippen LogP contribution is -2.42. The maximum absolute atomic E-state index is 13.0. The molecular weight excluding hydrogens is 376 g/mol. The third-order valence-corrected chi connectivity index (χ3v) is 7.40. The molecule has 138 valence electrons. The van der Waals surface area contributed by atoms with E-state index < -0.39 is 32.2 Å². The van der Waals surface area contributed by atoms with Crippen molar-refractivity contribution in [1.29, 1.82) is 0 Å². The zero-order valence-electron chi connectivity index (χ0n) is 14.7. The molecule has 0 unspecified atom stereocenters. The van der Waals surface area contributed by atoms with Gasteiger partial charge in [-0.25, -0.2) is 18.2 Å². The van der Waals surface area contributed by atoms with Crippen molar-refractivity contribution < 1.29 is 8.42 Å². The summed E-state index contributed by atoms with van der Waals surface area (Å²) in [5.74, 6) is 0. The molecule has 3 rings (SSSR count). The van der Waals surface area contributed by atoms with Crippen LogP contribution in [-0.2, 0) is 24.1 Å². The van der Waals surface area contributed by atoms with Crippen LogP contribution in [0.3, 0.4) is 0 Å². The number of para-hydroxylation sites is 1. The predicted molar refractivity (Wildman–Crippen MR) is 99.9 cm³/mol. The second kappa shape index (κ2) is 6.45. The fourth-order valence-corrected chi connectivity index (χ4v) is 5.14. The van der Waals surface area contributed by atoms with Crippen LogP contribution in [0.5, 0.6) is 0 Å². The maximum atomic E-state index is 13.0. The van der Waals surface area contributed by atoms with E-state index in [0.717, 1.165) is 29.9 Å². The number of nitrogens with zero attached hydrogens (tertiary/aromatic N) is 4. The summed E-state index contributed by atoms with van der Waals surface area (Å²) in [6.45, 7) is 1.71. The van der Waals surface area contributed by atoms with Crippen molar-refractivity contribution in [3.05, 3.63) is 56.3 Å². The molecule has 0 amide bonds. The van der Waals surface area contributed by atoms with Crippen molar-refractivity contribution in [2.24, 2.45) is 14.1 Å². The molecule has 26 heavy (non-hydrogen) atoms. The third-order valence-electron chi connectivity index (χ3n) is 4.29. The fraction of sp³-hybridized carbons (Fsp3) is 0.312. The van der Waals surface area contributed by atoms with Gasteiger partial charge in [0.15, 0.2) is 4.90 Å². The van der Waals surface area contributed by atoms with Crippen LogP contribution in [0.15, 0.2) is 44.9 Å². The Balaban J connectivity index is 2.07. The van der Waals surface area contributed by atoms with Crippen LogP contribution in [0, 0.1) is 0 Å². The molecule has 1 atom stereocenters. The Morgan fingerprint density at radius 1 is 1.19 bits per heavy atom. The Bertz CT molecular complexity index is 1170. The molecule has 3 aromatic rings. The molecule has 2 heterocycles. The Labute approximate surface area is 154 Å². The van der Waals surface area contributed by atoms with Crippen LogP contribution in [0.1, 0.15) is 18.0 Å². The molecule has 0 saturated carbocycles. The molecule has 0 N–H and O–H groups in total. The van der Waals surface area contributed by atoms with E-state index in [9.17, 15) is 18.0 Å². The molecule has 10 heteroatoms. The highest BCUT2D eigenvalue weighted by atomic mass is 32.2. The van der Waals surface area contributed by atoms with Gasteiger partial charge in [0, 0.05) is 27.3 Å². The molecule has 2 aromatic heterocycles. The molecule has 0 radical (unpaired) electrons. The molecule has 8 nitrogen and oxygen atoms in total. The Morgan fingerprint density at radius 2 is 1.85 bits per heavy atom. The lowest BCUT2D eigenvalue weighted by molar-refractivity contribution is 0.395. The number of fused-ring (bicyclic) bond motifs is 1. The van der Waals surface area contributed by atoms with Crippen molar-refractivity contribution in [1.82, 2.24) is 18.4 Å². The highest BCUT2D eigenvalue weighted by Crippen LogP contribution is 2.30. The topological polar surface area (TPSA) is 94.3 Å². The standard InChI is InChI=1S/C16H18N4O4S2/c1-10(14-17-11-7-5-6-8-12(11)25-14)20(4)26(23,24)13-9-18(2)16(22)19(3)15(13)21/h5-10H,1-4H3/t10-/m0/s1. The van der Waals surface area contributed by atoms with E-state index in [2.05, 4.69) is 4.98 Å². The zero-order valence-corrected chi connectivity index (χ0v) is 16.3. The van der Waals surface area contributed by atoms with Crippen LogP contribution in [0.4, 0.5) is 0 Å². The minimum Gasteiger partial charge on any atom is -0.302 e. The summed E-state index contributed by atoms with van der Waals surface area (Å²) < 4.78 is 29.9. The van der Waals surface area contributed by atoms with Crippen LogP contribution >= 0.6 is 11.3 Å². The first kappa shape index (κ1) is 18.5. The number of thiazole rings is 1. The Kier molecular flexibility index (Phi) is 4.59. The minimum atomic E-state index is -4.11. The van der Waals surface area contributed by atoms with Gasteiger partial charge in [-0.1, -0.05) is 12.1 Å². The monoisotopic (exact) mass is 394 g/mol. The SMILES string of the molecule is C[C@@H](c1nc2ccccc2s1)N(C)S(=O)(=O)c1cn(C)c(=O)n(C)c1=O. The van der Waals surface area contributed by atoms with E-state index in [1.54, 1.807) is 6.92 Å². The number of benzene rings is 1. The first-order chi connectivity index (χ1) is 12.1. The summed E-state index contributed by atoms with van der Waals surface area (Å²) in [5.41, 5.74) is -0.643. The normalized spacial score (nSPS) is 13.4. The molecule has 0 aliphatic heterocycles. The lowest BCUT2D eigenvalue weighted by Gasteiger charge is -2.22. The number of hydrogen-bond donors (Lipinski definition) is 0. The number of hydrogen-bond acceptors (Lipinski definition) is 6. The van der Waals surface area contributed by atoms with Crippen LogP contribution in [-0.4, -0.2) is 33.9 Å². The van der Waals surface area contributed by atoms with Crippen molar-refractivity contribution in [3.63, 3.8) is 0 Å². The summed E-state index contributed by atoms with van der Waals surface area (Å²) in [4.78, 5) is 28.2. The number of sulfonamides is 1. The minimum absolute atomic E-state index is 0.447. The van der Waals surface area contributed by atoms with Gasteiger partial charge in [0.05, 0.1) is 16.3 Å². The predicted octanol–water partition coefficient (Wildman–Crippen LogP) is 1.08. The summed E-state index contributed by atoms with van der Waals surface area (Å²) in [5, 5.41) is 0.624. The van der Waals surface area contributed by atoms with Gasteiger partial charge in [-0.15, -0.1) is 11.3 Å². The van der Waals surface area contributed by atoms with Crippen molar-refractivity contribution in [3.8, 4) is 0 Å². The number of rotatable bonds is 4. The van der Waals surface area contributed by atoms with Crippen LogP contribution in [0.25, 0.3) is 10.2 Å². The zero-order chi connectivity index (χ0) is 19.2.